The van der Waals surface area contributed by atoms with Crippen LogP contribution in [0.15, 0.2) is 36.5 Å². The molecule has 0 amide bonds. The number of aryl methyl sites for hydroxylation is 1. The van der Waals surface area contributed by atoms with Crippen molar-refractivity contribution in [2.45, 2.75) is 6.92 Å². The number of anilines is 2. The van der Waals surface area contributed by atoms with E-state index in [4.69, 9.17) is 10.4 Å². The van der Waals surface area contributed by atoms with Crippen LogP contribution in [0, 0.1) is 18.3 Å². The summed E-state index contributed by atoms with van der Waals surface area (Å²) in [5.74, 6) is -1.08. The number of rotatable bonds is 3. The molecule has 0 aliphatic heterocycles. The summed E-state index contributed by atoms with van der Waals surface area (Å²) in [4.78, 5) is 14.6. The van der Waals surface area contributed by atoms with E-state index < -0.39 is 5.97 Å². The van der Waals surface area contributed by atoms with Crippen LogP contribution in [0.2, 0.25) is 0 Å². The maximum absolute atomic E-state index is 10.8. The van der Waals surface area contributed by atoms with Crippen LogP contribution in [-0.2, 0) is 0 Å². The van der Waals surface area contributed by atoms with Gasteiger partial charge in [-0.2, -0.15) is 5.26 Å². The molecular formula is C14H11N3O2. The first kappa shape index (κ1) is 12.6. The Kier molecular flexibility index (Phi) is 3.44. The Balaban J connectivity index is 2.33. The van der Waals surface area contributed by atoms with Crippen molar-refractivity contribution in [2.24, 2.45) is 0 Å². The molecule has 1 aromatic carbocycles. The van der Waals surface area contributed by atoms with Crippen LogP contribution in [0.3, 0.4) is 0 Å². The molecule has 1 heterocycles. The highest BCUT2D eigenvalue weighted by molar-refractivity contribution is 5.86. The first-order valence-corrected chi connectivity index (χ1v) is 5.57. The Morgan fingerprint density at radius 3 is 2.84 bits per heavy atom. The molecule has 0 fully saturated rings. The fraction of sp³-hybridized carbons (Fsp3) is 0.0714. The number of hydrogen-bond donors (Lipinski definition) is 2. The van der Waals surface area contributed by atoms with E-state index in [2.05, 4.69) is 16.4 Å². The molecule has 0 saturated carbocycles. The van der Waals surface area contributed by atoms with Gasteiger partial charge in [0.15, 0.2) is 0 Å². The van der Waals surface area contributed by atoms with E-state index >= 15 is 0 Å². The zero-order valence-corrected chi connectivity index (χ0v) is 10.2. The lowest BCUT2D eigenvalue weighted by molar-refractivity contribution is 0.0690. The summed E-state index contributed by atoms with van der Waals surface area (Å²) in [6.45, 7) is 1.91. The van der Waals surface area contributed by atoms with E-state index in [-0.39, 0.29) is 5.69 Å². The molecule has 0 aliphatic carbocycles. The number of nitrogens with zero attached hydrogens (tertiary/aromatic N) is 2. The molecule has 0 unspecified atom stereocenters. The molecule has 2 aromatic rings. The Hall–Kier alpha value is -2.87. The van der Waals surface area contributed by atoms with Gasteiger partial charge in [-0.3, -0.25) is 0 Å². The Morgan fingerprint density at radius 2 is 2.16 bits per heavy atom. The number of carbonyl (C=O) groups is 1. The fourth-order valence-electron chi connectivity index (χ4n) is 1.61. The van der Waals surface area contributed by atoms with E-state index in [1.807, 2.05) is 13.0 Å². The Labute approximate surface area is 110 Å². The summed E-state index contributed by atoms with van der Waals surface area (Å²) < 4.78 is 0. The number of benzene rings is 1. The van der Waals surface area contributed by atoms with Gasteiger partial charge in [0, 0.05) is 17.6 Å². The molecule has 0 bridgehead atoms. The SMILES string of the molecule is Cc1ccc(C#N)cc1Nc1ccnc(C(=O)O)c1. The second-order valence-corrected chi connectivity index (χ2v) is 4.00. The topological polar surface area (TPSA) is 86.0 Å². The monoisotopic (exact) mass is 253 g/mol. The van der Waals surface area contributed by atoms with Crippen LogP contribution < -0.4 is 5.32 Å². The summed E-state index contributed by atoms with van der Waals surface area (Å²) in [6.07, 6.45) is 1.43. The van der Waals surface area contributed by atoms with Crippen molar-refractivity contribution in [1.29, 1.82) is 5.26 Å². The molecule has 19 heavy (non-hydrogen) atoms. The lowest BCUT2D eigenvalue weighted by Gasteiger charge is -2.10. The third-order valence-corrected chi connectivity index (χ3v) is 2.62. The fourth-order valence-corrected chi connectivity index (χ4v) is 1.61. The van der Waals surface area contributed by atoms with Crippen molar-refractivity contribution in [3.05, 3.63) is 53.3 Å². The lowest BCUT2D eigenvalue weighted by Crippen LogP contribution is -2.01. The van der Waals surface area contributed by atoms with Crippen LogP contribution in [0.4, 0.5) is 11.4 Å². The first-order chi connectivity index (χ1) is 9.10. The van der Waals surface area contributed by atoms with Crippen LogP contribution >= 0.6 is 0 Å². The summed E-state index contributed by atoms with van der Waals surface area (Å²) in [5, 5.41) is 20.8. The number of aromatic nitrogens is 1. The van der Waals surface area contributed by atoms with Crippen LogP contribution in [0.5, 0.6) is 0 Å². The van der Waals surface area contributed by atoms with Gasteiger partial charge in [0.2, 0.25) is 0 Å². The van der Waals surface area contributed by atoms with Crippen molar-refractivity contribution in [3.8, 4) is 6.07 Å². The largest absolute Gasteiger partial charge is 0.477 e. The summed E-state index contributed by atoms with van der Waals surface area (Å²) in [6, 6.07) is 10.5. The molecule has 0 atom stereocenters. The lowest BCUT2D eigenvalue weighted by atomic mass is 10.1. The second kappa shape index (κ2) is 5.19. The van der Waals surface area contributed by atoms with Gasteiger partial charge in [-0.15, -0.1) is 0 Å². The minimum Gasteiger partial charge on any atom is -0.477 e. The van der Waals surface area contributed by atoms with Crippen molar-refractivity contribution < 1.29 is 9.90 Å². The van der Waals surface area contributed by atoms with E-state index in [0.29, 0.717) is 11.3 Å². The molecule has 1 aromatic heterocycles. The van der Waals surface area contributed by atoms with Gasteiger partial charge in [0.05, 0.1) is 11.6 Å². The minimum absolute atomic E-state index is 0.0286. The molecule has 0 spiro atoms. The average molecular weight is 253 g/mol. The van der Waals surface area contributed by atoms with Crippen molar-refractivity contribution in [2.75, 3.05) is 5.32 Å². The van der Waals surface area contributed by atoms with E-state index in [9.17, 15) is 4.79 Å². The summed E-state index contributed by atoms with van der Waals surface area (Å²) in [5.41, 5.74) is 2.86. The van der Waals surface area contributed by atoms with Gasteiger partial charge in [-0.1, -0.05) is 6.07 Å². The summed E-state index contributed by atoms with van der Waals surface area (Å²) >= 11 is 0. The molecule has 94 valence electrons. The first-order valence-electron chi connectivity index (χ1n) is 5.57. The molecule has 2 N–H and O–H groups in total. The van der Waals surface area contributed by atoms with Gasteiger partial charge >= 0.3 is 5.97 Å². The number of carboxylic acids is 1. The van der Waals surface area contributed by atoms with E-state index in [0.717, 1.165) is 11.3 Å². The maximum atomic E-state index is 10.8. The standard InChI is InChI=1S/C14H11N3O2/c1-9-2-3-10(8-15)6-12(9)17-11-4-5-16-13(7-11)14(18)19/h2-7H,1H3,(H,16,17)(H,18,19). The highest BCUT2D eigenvalue weighted by atomic mass is 16.4. The molecule has 0 radical (unpaired) electrons. The van der Waals surface area contributed by atoms with Crippen molar-refractivity contribution >= 4 is 17.3 Å². The highest BCUT2D eigenvalue weighted by Gasteiger charge is 2.06. The molecule has 2 rings (SSSR count). The van der Waals surface area contributed by atoms with Crippen molar-refractivity contribution in [1.82, 2.24) is 4.98 Å². The van der Waals surface area contributed by atoms with Gasteiger partial charge in [0.1, 0.15) is 5.69 Å². The minimum atomic E-state index is -1.08. The number of pyridine rings is 1. The zero-order chi connectivity index (χ0) is 13.8. The van der Waals surface area contributed by atoms with Crippen molar-refractivity contribution in [3.63, 3.8) is 0 Å². The second-order valence-electron chi connectivity index (χ2n) is 4.00. The predicted octanol–water partition coefficient (Wildman–Crippen LogP) is 2.70. The predicted molar refractivity (Wildman–Crippen MR) is 70.4 cm³/mol. The maximum Gasteiger partial charge on any atom is 0.354 e. The number of nitrogens with one attached hydrogen (secondary N) is 1. The normalized spacial score (nSPS) is 9.68. The Bertz CT molecular complexity index is 675. The molecular weight excluding hydrogens is 242 g/mol. The van der Waals surface area contributed by atoms with E-state index in [1.54, 1.807) is 18.2 Å². The van der Waals surface area contributed by atoms with Crippen LogP contribution in [0.1, 0.15) is 21.6 Å². The molecule has 5 nitrogen and oxygen atoms in total. The highest BCUT2D eigenvalue weighted by Crippen LogP contribution is 2.21. The summed E-state index contributed by atoms with van der Waals surface area (Å²) in [7, 11) is 0. The van der Waals surface area contributed by atoms with Gasteiger partial charge in [-0.05, 0) is 36.8 Å². The number of hydrogen-bond acceptors (Lipinski definition) is 4. The number of carboxylic acid groups (broad SMARTS) is 1. The number of aromatic carboxylic acids is 1. The van der Waals surface area contributed by atoms with Crippen LogP contribution in [0.25, 0.3) is 0 Å². The zero-order valence-electron chi connectivity index (χ0n) is 10.2. The Morgan fingerprint density at radius 1 is 1.37 bits per heavy atom. The van der Waals surface area contributed by atoms with Crippen LogP contribution in [-0.4, -0.2) is 16.1 Å². The average Bonchev–Trinajstić information content (AvgIpc) is 2.41. The number of nitriles is 1. The third-order valence-electron chi connectivity index (χ3n) is 2.62. The smallest absolute Gasteiger partial charge is 0.354 e. The van der Waals surface area contributed by atoms with E-state index in [1.165, 1.54) is 12.3 Å². The quantitative estimate of drug-likeness (QED) is 0.878. The molecule has 0 aliphatic rings. The third kappa shape index (κ3) is 2.87. The van der Waals surface area contributed by atoms with Gasteiger partial charge in [0.25, 0.3) is 0 Å². The van der Waals surface area contributed by atoms with Gasteiger partial charge < -0.3 is 10.4 Å². The molecule has 0 saturated heterocycles. The van der Waals surface area contributed by atoms with Gasteiger partial charge in [-0.25, -0.2) is 9.78 Å². The molecule has 5 heteroatoms.